The number of aryl methyl sites for hydroxylation is 1. The minimum Gasteiger partial charge on any atom is -0.357 e. The molecule has 4 rings (SSSR count). The third-order valence-electron chi connectivity index (χ3n) is 6.02. The lowest BCUT2D eigenvalue weighted by molar-refractivity contribution is -0.0806. The summed E-state index contributed by atoms with van der Waals surface area (Å²) in [6, 6.07) is 2.87. The number of allylic oxidation sites excluding steroid dienone is 2. The molecule has 1 aliphatic rings. The molecule has 0 aliphatic carbocycles. The molecule has 1 atom stereocenters. The minimum absolute atomic E-state index is 0.0317. The van der Waals surface area contributed by atoms with Crippen molar-refractivity contribution in [3.05, 3.63) is 57.1 Å². The van der Waals surface area contributed by atoms with Crippen LogP contribution in [-0.2, 0) is 20.1 Å². The van der Waals surface area contributed by atoms with E-state index < -0.39 is 24.0 Å². The van der Waals surface area contributed by atoms with Gasteiger partial charge in [0.15, 0.2) is 11.2 Å². The molecule has 13 heteroatoms. The van der Waals surface area contributed by atoms with Gasteiger partial charge in [0.2, 0.25) is 5.95 Å². The largest absolute Gasteiger partial charge is 0.411 e. The number of rotatable bonds is 6. The van der Waals surface area contributed by atoms with Crippen molar-refractivity contribution in [1.82, 2.24) is 23.7 Å². The topological polar surface area (TPSA) is 116 Å². The van der Waals surface area contributed by atoms with E-state index >= 15 is 0 Å². The monoisotopic (exact) mass is 516 g/mol. The van der Waals surface area contributed by atoms with Crippen LogP contribution in [0.5, 0.6) is 0 Å². The first-order valence-electron chi connectivity index (χ1n) is 11.6. The van der Waals surface area contributed by atoms with E-state index in [1.807, 2.05) is 4.90 Å². The van der Waals surface area contributed by atoms with Gasteiger partial charge in [0.25, 0.3) is 5.56 Å². The van der Waals surface area contributed by atoms with Gasteiger partial charge in [0, 0.05) is 56.0 Å². The van der Waals surface area contributed by atoms with Crippen LogP contribution < -0.4 is 27.2 Å². The maximum Gasteiger partial charge on any atom is 0.411 e. The fraction of sp³-hybridized carbons (Fsp3) is 0.417. The Hall–Kier alpha value is -4.05. The quantitative estimate of drug-likeness (QED) is 0.480. The van der Waals surface area contributed by atoms with E-state index in [1.54, 1.807) is 11.5 Å². The van der Waals surface area contributed by atoms with Crippen LogP contribution >= 0.6 is 0 Å². The average Bonchev–Trinajstić information content (AvgIpc) is 3.23. The summed E-state index contributed by atoms with van der Waals surface area (Å²) < 4.78 is 43.6. The maximum atomic E-state index is 13.7. The first-order chi connectivity index (χ1) is 17.6. The number of pyridine rings is 1. The highest BCUT2D eigenvalue weighted by Gasteiger charge is 2.28. The van der Waals surface area contributed by atoms with Crippen LogP contribution in [0.4, 0.5) is 24.8 Å². The minimum atomic E-state index is -4.69. The Morgan fingerprint density at radius 2 is 2.00 bits per heavy atom. The molecule has 3 aromatic heterocycles. The van der Waals surface area contributed by atoms with Gasteiger partial charge < -0.3 is 16.0 Å². The third-order valence-corrected chi connectivity index (χ3v) is 6.02. The van der Waals surface area contributed by atoms with Crippen molar-refractivity contribution >= 4 is 22.8 Å². The summed E-state index contributed by atoms with van der Waals surface area (Å²) in [5.74, 6) is 6.15. The Morgan fingerprint density at radius 1 is 1.27 bits per heavy atom. The van der Waals surface area contributed by atoms with E-state index in [4.69, 9.17) is 5.73 Å². The van der Waals surface area contributed by atoms with Crippen molar-refractivity contribution in [3.8, 4) is 11.8 Å². The van der Waals surface area contributed by atoms with Gasteiger partial charge in [-0.05, 0) is 31.9 Å². The third kappa shape index (κ3) is 5.69. The Kier molecular flexibility index (Phi) is 7.40. The van der Waals surface area contributed by atoms with Crippen LogP contribution in [0.25, 0.3) is 11.2 Å². The molecule has 10 nitrogen and oxygen atoms in total. The lowest BCUT2D eigenvalue weighted by Gasteiger charge is -2.31. The molecule has 1 aliphatic heterocycles. The fourth-order valence-electron chi connectivity index (χ4n) is 4.35. The number of piperidine rings is 1. The molecule has 0 radical (unpaired) electrons. The lowest BCUT2D eigenvalue weighted by Crippen LogP contribution is -2.44. The summed E-state index contributed by atoms with van der Waals surface area (Å²) in [4.78, 5) is 37.2. The summed E-state index contributed by atoms with van der Waals surface area (Å²) in [5, 5.41) is 2.64. The lowest BCUT2D eigenvalue weighted by atomic mass is 10.1. The number of hydrogen-bond acceptors (Lipinski definition) is 7. The number of halogens is 3. The molecule has 1 saturated heterocycles. The number of nitrogens with zero attached hydrogens (tertiary/aromatic N) is 6. The van der Waals surface area contributed by atoms with Gasteiger partial charge >= 0.3 is 11.9 Å². The van der Waals surface area contributed by atoms with Gasteiger partial charge in [0.1, 0.15) is 0 Å². The first-order valence-corrected chi connectivity index (χ1v) is 11.6. The van der Waals surface area contributed by atoms with Gasteiger partial charge in [-0.3, -0.25) is 23.5 Å². The molecule has 0 spiro atoms. The normalized spacial score (nSPS) is 16.5. The summed E-state index contributed by atoms with van der Waals surface area (Å²) in [6.45, 7) is 2.30. The van der Waals surface area contributed by atoms with E-state index in [0.29, 0.717) is 24.7 Å². The van der Waals surface area contributed by atoms with Crippen molar-refractivity contribution in [2.24, 2.45) is 12.8 Å². The summed E-state index contributed by atoms with van der Waals surface area (Å²) in [6.07, 6.45) is -0.149. The Labute approximate surface area is 210 Å². The molecule has 0 aromatic carbocycles. The van der Waals surface area contributed by atoms with E-state index in [1.165, 1.54) is 31.6 Å². The van der Waals surface area contributed by atoms with Gasteiger partial charge in [-0.2, -0.15) is 18.2 Å². The number of alkyl halides is 3. The number of imidazole rings is 1. The predicted molar refractivity (Wildman–Crippen MR) is 134 cm³/mol. The van der Waals surface area contributed by atoms with Crippen LogP contribution in [0.2, 0.25) is 0 Å². The van der Waals surface area contributed by atoms with Crippen molar-refractivity contribution < 1.29 is 13.2 Å². The van der Waals surface area contributed by atoms with Crippen LogP contribution in [-0.4, -0.2) is 49.0 Å². The van der Waals surface area contributed by atoms with E-state index in [2.05, 4.69) is 27.1 Å². The van der Waals surface area contributed by atoms with Crippen molar-refractivity contribution in [2.75, 3.05) is 23.3 Å². The molecule has 0 bridgehead atoms. The van der Waals surface area contributed by atoms with Crippen LogP contribution in [0.15, 0.2) is 45.9 Å². The van der Waals surface area contributed by atoms with Crippen molar-refractivity contribution in [3.63, 3.8) is 0 Å². The summed E-state index contributed by atoms with van der Waals surface area (Å²) in [5.41, 5.74) is 4.72. The molecule has 4 heterocycles. The number of anilines is 2. The molecule has 3 aromatic rings. The van der Waals surface area contributed by atoms with E-state index in [0.717, 1.165) is 22.0 Å². The molecule has 0 amide bonds. The molecule has 3 N–H and O–H groups in total. The second kappa shape index (κ2) is 10.5. The van der Waals surface area contributed by atoms with Crippen LogP contribution in [0.1, 0.15) is 19.8 Å². The highest BCUT2D eigenvalue weighted by molar-refractivity contribution is 5.75. The molecule has 1 unspecified atom stereocenters. The van der Waals surface area contributed by atoms with Crippen LogP contribution in [0.3, 0.4) is 0 Å². The zero-order valence-electron chi connectivity index (χ0n) is 20.4. The molecule has 37 heavy (non-hydrogen) atoms. The van der Waals surface area contributed by atoms with Crippen LogP contribution in [0, 0.1) is 11.8 Å². The predicted octanol–water partition coefficient (Wildman–Crippen LogP) is 1.80. The highest BCUT2D eigenvalue weighted by atomic mass is 19.4. The molecule has 0 saturated carbocycles. The number of fused-ring (bicyclic) bond motifs is 1. The first kappa shape index (κ1) is 26.0. The van der Waals surface area contributed by atoms with Gasteiger partial charge in [0.05, 0.1) is 13.1 Å². The average molecular weight is 517 g/mol. The van der Waals surface area contributed by atoms with Gasteiger partial charge in [-0.25, -0.2) is 4.79 Å². The standard InChI is InChI=1S/C24H27F3N8O2/c1-3-4-12-34-19-20(31-22(34)33-11-5-6-16(28)14-33)32(2)23(37)35(21(19)36)15-18(13-24(25,26)27)30-17-7-9-29-10-8-17/h7-10,13,16H,5-6,11-12,14-15,28H2,1-2H3,(H,29,30)/b18-13+. The number of hydrogen-bond donors (Lipinski definition) is 2. The Bertz CT molecular complexity index is 1490. The fourth-order valence-corrected chi connectivity index (χ4v) is 4.35. The van der Waals surface area contributed by atoms with E-state index in [9.17, 15) is 22.8 Å². The molecule has 1 fully saturated rings. The Morgan fingerprint density at radius 3 is 2.65 bits per heavy atom. The van der Waals surface area contributed by atoms with Crippen molar-refractivity contribution in [2.45, 2.75) is 45.1 Å². The zero-order valence-corrected chi connectivity index (χ0v) is 20.4. The molecular formula is C24H27F3N8O2. The number of nitrogens with one attached hydrogen (secondary N) is 1. The number of nitrogens with two attached hydrogens (primary N) is 1. The maximum absolute atomic E-state index is 13.7. The second-order valence-corrected chi connectivity index (χ2v) is 8.75. The van der Waals surface area contributed by atoms with E-state index in [-0.39, 0.29) is 35.5 Å². The van der Waals surface area contributed by atoms with Crippen molar-refractivity contribution in [1.29, 1.82) is 0 Å². The van der Waals surface area contributed by atoms with Gasteiger partial charge in [-0.15, -0.1) is 5.92 Å². The Balaban J connectivity index is 1.87. The zero-order chi connectivity index (χ0) is 26.7. The summed E-state index contributed by atoms with van der Waals surface area (Å²) >= 11 is 0. The smallest absolute Gasteiger partial charge is 0.357 e. The SMILES string of the molecule is CC#CCn1c(N2CCCC(N)C2)nc2c1c(=O)n(C/C(=C\C(F)(F)F)Nc1ccncc1)c(=O)n2C. The van der Waals surface area contributed by atoms with Gasteiger partial charge in [-0.1, -0.05) is 5.92 Å². The molecular weight excluding hydrogens is 489 g/mol. The summed E-state index contributed by atoms with van der Waals surface area (Å²) in [7, 11) is 1.43. The highest BCUT2D eigenvalue weighted by Crippen LogP contribution is 2.24. The number of aromatic nitrogens is 5. The second-order valence-electron chi connectivity index (χ2n) is 8.75. The molecule has 196 valence electrons.